The number of aryl methyl sites for hydroxylation is 1. The molecule has 2 heterocycles. The van der Waals surface area contributed by atoms with Crippen LogP contribution in [0.2, 0.25) is 10.0 Å². The maximum absolute atomic E-state index is 12.9. The van der Waals surface area contributed by atoms with E-state index in [1.54, 1.807) is 10.9 Å². The lowest BCUT2D eigenvalue weighted by molar-refractivity contribution is -0.141. The predicted molar refractivity (Wildman–Crippen MR) is 103 cm³/mol. The Hall–Kier alpha value is -2.52. The van der Waals surface area contributed by atoms with E-state index in [1.165, 1.54) is 6.92 Å². The maximum Gasteiger partial charge on any atom is 0.436 e. The van der Waals surface area contributed by atoms with Gasteiger partial charge in [0.1, 0.15) is 5.02 Å². The number of nitrogens with one attached hydrogen (secondary N) is 1. The summed E-state index contributed by atoms with van der Waals surface area (Å²) in [6, 6.07) is 9.56. The lowest BCUT2D eigenvalue weighted by atomic mass is 10.2. The molecule has 6 nitrogen and oxygen atoms in total. The molecule has 0 saturated carbocycles. The van der Waals surface area contributed by atoms with Gasteiger partial charge in [0.2, 0.25) is 5.91 Å². The zero-order valence-corrected chi connectivity index (χ0v) is 16.7. The first kappa shape index (κ1) is 21.2. The van der Waals surface area contributed by atoms with Gasteiger partial charge >= 0.3 is 6.18 Å². The van der Waals surface area contributed by atoms with Crippen molar-refractivity contribution in [3.05, 3.63) is 63.5 Å². The number of aromatic nitrogens is 4. The van der Waals surface area contributed by atoms with Crippen molar-refractivity contribution in [2.75, 3.05) is 5.32 Å². The molecule has 0 atom stereocenters. The Labute approximate surface area is 174 Å². The SMILES string of the molecule is Cc1c(Cl)c(C(F)(F)F)nn1CCC(=O)Nc1nn(Cc2ccccc2)cc1Cl. The van der Waals surface area contributed by atoms with Crippen molar-refractivity contribution < 1.29 is 18.0 Å². The maximum atomic E-state index is 12.9. The van der Waals surface area contributed by atoms with Crippen molar-refractivity contribution in [2.24, 2.45) is 0 Å². The van der Waals surface area contributed by atoms with Gasteiger partial charge in [0.05, 0.1) is 23.8 Å². The van der Waals surface area contributed by atoms with E-state index in [4.69, 9.17) is 23.2 Å². The van der Waals surface area contributed by atoms with Crippen LogP contribution in [0.4, 0.5) is 19.0 Å². The summed E-state index contributed by atoms with van der Waals surface area (Å²) in [5.41, 5.74) is -0.0206. The molecule has 0 aliphatic carbocycles. The molecule has 1 amide bonds. The molecule has 3 aromatic rings. The van der Waals surface area contributed by atoms with E-state index in [0.29, 0.717) is 6.54 Å². The second-order valence-corrected chi connectivity index (χ2v) is 7.06. The molecule has 0 fully saturated rings. The summed E-state index contributed by atoms with van der Waals surface area (Å²) in [5.74, 6) is -0.282. The van der Waals surface area contributed by atoms with E-state index in [2.05, 4.69) is 15.5 Å². The van der Waals surface area contributed by atoms with Gasteiger partial charge in [0.15, 0.2) is 11.5 Å². The van der Waals surface area contributed by atoms with Crippen LogP contribution in [-0.4, -0.2) is 25.5 Å². The first-order valence-corrected chi connectivity index (χ1v) is 9.27. The van der Waals surface area contributed by atoms with Crippen molar-refractivity contribution >= 4 is 34.9 Å². The van der Waals surface area contributed by atoms with Gasteiger partial charge in [-0.3, -0.25) is 14.2 Å². The fourth-order valence-electron chi connectivity index (χ4n) is 2.66. The third kappa shape index (κ3) is 5.10. The van der Waals surface area contributed by atoms with Crippen molar-refractivity contribution in [1.29, 1.82) is 0 Å². The third-order valence-corrected chi connectivity index (χ3v) is 4.84. The molecule has 1 N–H and O–H groups in total. The van der Waals surface area contributed by atoms with Gasteiger partial charge in [-0.15, -0.1) is 0 Å². The number of hydrogen-bond donors (Lipinski definition) is 1. The summed E-state index contributed by atoms with van der Waals surface area (Å²) in [5, 5.41) is 10.0. The monoisotopic (exact) mass is 445 g/mol. The van der Waals surface area contributed by atoms with E-state index in [0.717, 1.165) is 10.2 Å². The summed E-state index contributed by atoms with van der Waals surface area (Å²) in [4.78, 5) is 12.2. The summed E-state index contributed by atoms with van der Waals surface area (Å²) in [6.45, 7) is 1.81. The summed E-state index contributed by atoms with van der Waals surface area (Å²) >= 11 is 11.8. The van der Waals surface area contributed by atoms with Gasteiger partial charge in [-0.1, -0.05) is 53.5 Å². The van der Waals surface area contributed by atoms with Crippen molar-refractivity contribution in [1.82, 2.24) is 19.6 Å². The molecule has 2 aromatic heterocycles. The summed E-state index contributed by atoms with van der Waals surface area (Å²) in [6.07, 6.45) is -3.20. The number of nitrogens with zero attached hydrogens (tertiary/aromatic N) is 4. The Kier molecular flexibility index (Phi) is 6.18. The Morgan fingerprint density at radius 3 is 2.48 bits per heavy atom. The number of carbonyl (C=O) groups is 1. The molecule has 0 aliphatic heterocycles. The van der Waals surface area contributed by atoms with Gasteiger partial charge in [0.25, 0.3) is 0 Å². The van der Waals surface area contributed by atoms with Crippen LogP contribution < -0.4 is 5.32 Å². The molecule has 29 heavy (non-hydrogen) atoms. The molecule has 0 radical (unpaired) electrons. The van der Waals surface area contributed by atoms with Crippen LogP contribution in [-0.2, 0) is 24.1 Å². The number of anilines is 1. The molecule has 0 saturated heterocycles. The van der Waals surface area contributed by atoms with Gasteiger partial charge in [0, 0.05) is 12.6 Å². The van der Waals surface area contributed by atoms with Crippen LogP contribution in [0.5, 0.6) is 0 Å². The van der Waals surface area contributed by atoms with Crippen molar-refractivity contribution in [3.8, 4) is 0 Å². The van der Waals surface area contributed by atoms with E-state index < -0.39 is 22.8 Å². The van der Waals surface area contributed by atoms with Crippen LogP contribution in [0.25, 0.3) is 0 Å². The van der Waals surface area contributed by atoms with Gasteiger partial charge in [-0.05, 0) is 12.5 Å². The largest absolute Gasteiger partial charge is 0.436 e. The van der Waals surface area contributed by atoms with E-state index >= 15 is 0 Å². The molecule has 3 rings (SSSR count). The van der Waals surface area contributed by atoms with E-state index in [1.807, 2.05) is 30.3 Å². The standard InChI is InChI=1S/C18H16Cl2F3N5O/c1-11-15(20)16(18(21,22)23)25-28(11)8-7-14(29)24-17-13(19)10-27(26-17)9-12-5-3-2-4-6-12/h2-6,10H,7-9H2,1H3,(H,24,26,29). The molecular formula is C18H16Cl2F3N5O. The zero-order valence-electron chi connectivity index (χ0n) is 15.2. The molecule has 154 valence electrons. The zero-order chi connectivity index (χ0) is 21.2. The third-order valence-electron chi connectivity index (χ3n) is 4.11. The van der Waals surface area contributed by atoms with E-state index in [9.17, 15) is 18.0 Å². The highest BCUT2D eigenvalue weighted by atomic mass is 35.5. The van der Waals surface area contributed by atoms with Crippen LogP contribution in [0.1, 0.15) is 23.4 Å². The summed E-state index contributed by atoms with van der Waals surface area (Å²) < 4.78 is 41.2. The Morgan fingerprint density at radius 1 is 1.17 bits per heavy atom. The van der Waals surface area contributed by atoms with Crippen LogP contribution >= 0.6 is 23.2 Å². The minimum atomic E-state index is -4.66. The van der Waals surface area contributed by atoms with Crippen LogP contribution in [0, 0.1) is 6.92 Å². The highest BCUT2D eigenvalue weighted by Gasteiger charge is 2.38. The lowest BCUT2D eigenvalue weighted by Crippen LogP contribution is -2.17. The van der Waals surface area contributed by atoms with Crippen LogP contribution in [0.15, 0.2) is 36.5 Å². The smallest absolute Gasteiger partial charge is 0.308 e. The molecule has 0 aliphatic rings. The molecule has 11 heteroatoms. The number of alkyl halides is 3. The number of benzene rings is 1. The number of halogens is 5. The first-order valence-electron chi connectivity index (χ1n) is 8.52. The number of rotatable bonds is 6. The fourth-order valence-corrected chi connectivity index (χ4v) is 3.10. The Balaban J connectivity index is 1.62. The van der Waals surface area contributed by atoms with Gasteiger partial charge < -0.3 is 5.32 Å². The van der Waals surface area contributed by atoms with Crippen molar-refractivity contribution in [3.63, 3.8) is 0 Å². The highest BCUT2D eigenvalue weighted by molar-refractivity contribution is 6.33. The topological polar surface area (TPSA) is 64.7 Å². The Bertz CT molecular complexity index is 1010. The highest BCUT2D eigenvalue weighted by Crippen LogP contribution is 2.35. The van der Waals surface area contributed by atoms with Crippen LogP contribution in [0.3, 0.4) is 0 Å². The molecule has 0 spiro atoms. The molecule has 0 unspecified atom stereocenters. The first-order chi connectivity index (χ1) is 13.6. The molecular weight excluding hydrogens is 430 g/mol. The number of hydrogen-bond acceptors (Lipinski definition) is 3. The van der Waals surface area contributed by atoms with E-state index in [-0.39, 0.29) is 29.5 Å². The average molecular weight is 446 g/mol. The predicted octanol–water partition coefficient (Wildman–Crippen LogP) is 4.79. The van der Waals surface area contributed by atoms with Gasteiger partial charge in [-0.25, -0.2) is 0 Å². The molecule has 0 bridgehead atoms. The average Bonchev–Trinajstić information content (AvgIpc) is 3.14. The fraction of sp³-hybridized carbons (Fsp3) is 0.278. The van der Waals surface area contributed by atoms with Crippen molar-refractivity contribution in [2.45, 2.75) is 32.6 Å². The summed E-state index contributed by atoms with van der Waals surface area (Å²) in [7, 11) is 0. The molecule has 1 aromatic carbocycles. The Morgan fingerprint density at radius 2 is 1.86 bits per heavy atom. The minimum absolute atomic E-state index is 0.0736. The normalized spacial score (nSPS) is 11.7. The quantitative estimate of drug-likeness (QED) is 0.592. The van der Waals surface area contributed by atoms with Gasteiger partial charge in [-0.2, -0.15) is 23.4 Å². The number of carbonyl (C=O) groups excluding carboxylic acids is 1. The number of amides is 1. The second-order valence-electron chi connectivity index (χ2n) is 6.28. The second kappa shape index (κ2) is 8.46. The lowest BCUT2D eigenvalue weighted by Gasteiger charge is -2.05. The minimum Gasteiger partial charge on any atom is -0.308 e.